The monoisotopic (exact) mass is 899 g/mol. The summed E-state index contributed by atoms with van der Waals surface area (Å²) in [5, 5.41) is 0. The van der Waals surface area contributed by atoms with Crippen molar-refractivity contribution in [1.82, 2.24) is 0 Å². The van der Waals surface area contributed by atoms with E-state index in [0.717, 1.165) is 83.5 Å². The summed E-state index contributed by atoms with van der Waals surface area (Å²) in [6.07, 6.45) is 62.8. The largest absolute Gasteiger partial charge is 0.462 e. The Labute approximate surface area is 397 Å². The van der Waals surface area contributed by atoms with Crippen LogP contribution in [-0.4, -0.2) is 37.2 Å². The number of carbonyl (C=O) groups excluding carboxylic acids is 3. The molecule has 1 unspecified atom stereocenters. The first-order valence-electron chi connectivity index (χ1n) is 28.0. The summed E-state index contributed by atoms with van der Waals surface area (Å²) < 4.78 is 16.8. The van der Waals surface area contributed by atoms with Crippen LogP contribution in [0.25, 0.3) is 0 Å². The van der Waals surface area contributed by atoms with Gasteiger partial charge in [0, 0.05) is 19.3 Å². The maximum Gasteiger partial charge on any atom is 0.306 e. The average molecular weight is 899 g/mol. The van der Waals surface area contributed by atoms with Crippen molar-refractivity contribution in [2.24, 2.45) is 0 Å². The Morgan fingerprint density at radius 1 is 0.312 bits per heavy atom. The standard InChI is InChI=1S/C58H106O6/c1-4-7-10-13-16-19-22-25-27-29-31-33-36-39-42-45-48-51-57(60)63-54-55(53-62-56(59)50-47-44-41-38-35-32-24-21-18-15-12-9-6-3)64-58(61)52-49-46-43-40-37-34-30-28-26-23-20-17-14-11-8-5-2/h28,30,32,34-35,37,55H,4-27,29,31,33,36,38-54H2,1-3H3/b30-28-,35-32-,37-34-. The maximum atomic E-state index is 12.8. The number of hydrogen-bond acceptors (Lipinski definition) is 6. The molecule has 0 aliphatic rings. The number of unbranched alkanes of at least 4 members (excludes halogenated alkanes) is 35. The molecule has 0 amide bonds. The molecule has 0 saturated heterocycles. The molecule has 0 N–H and O–H groups in total. The van der Waals surface area contributed by atoms with Gasteiger partial charge in [0.15, 0.2) is 6.10 Å². The van der Waals surface area contributed by atoms with Crippen molar-refractivity contribution in [3.05, 3.63) is 36.5 Å². The number of carbonyl (C=O) groups is 3. The predicted octanol–water partition coefficient (Wildman–Crippen LogP) is 18.5. The number of hydrogen-bond donors (Lipinski definition) is 0. The van der Waals surface area contributed by atoms with Crippen LogP contribution in [0.4, 0.5) is 0 Å². The van der Waals surface area contributed by atoms with E-state index in [1.54, 1.807) is 0 Å². The van der Waals surface area contributed by atoms with Gasteiger partial charge in [-0.3, -0.25) is 14.4 Å². The molecule has 6 nitrogen and oxygen atoms in total. The van der Waals surface area contributed by atoms with Crippen LogP contribution in [0, 0.1) is 0 Å². The Morgan fingerprint density at radius 3 is 0.891 bits per heavy atom. The normalized spacial score (nSPS) is 12.2. The van der Waals surface area contributed by atoms with Gasteiger partial charge in [-0.1, -0.05) is 243 Å². The highest BCUT2D eigenvalue weighted by molar-refractivity contribution is 5.71. The number of ether oxygens (including phenoxy) is 3. The van der Waals surface area contributed by atoms with Crippen LogP contribution in [0.15, 0.2) is 36.5 Å². The molecular weight excluding hydrogens is 793 g/mol. The maximum absolute atomic E-state index is 12.8. The summed E-state index contributed by atoms with van der Waals surface area (Å²) >= 11 is 0. The molecule has 0 bridgehead atoms. The van der Waals surface area contributed by atoms with Crippen LogP contribution in [0.5, 0.6) is 0 Å². The summed E-state index contributed by atoms with van der Waals surface area (Å²) in [5.74, 6) is -0.913. The van der Waals surface area contributed by atoms with E-state index in [1.165, 1.54) is 173 Å². The van der Waals surface area contributed by atoms with Crippen LogP contribution in [-0.2, 0) is 28.6 Å². The average Bonchev–Trinajstić information content (AvgIpc) is 3.29. The van der Waals surface area contributed by atoms with Gasteiger partial charge >= 0.3 is 17.9 Å². The number of allylic oxidation sites excluding steroid dienone is 6. The zero-order valence-electron chi connectivity index (χ0n) is 42.8. The molecule has 1 atom stereocenters. The van der Waals surface area contributed by atoms with Crippen LogP contribution in [0.1, 0.15) is 297 Å². The lowest BCUT2D eigenvalue weighted by Gasteiger charge is -2.18. The van der Waals surface area contributed by atoms with Gasteiger partial charge < -0.3 is 14.2 Å². The summed E-state index contributed by atoms with van der Waals surface area (Å²) in [6, 6.07) is 0. The van der Waals surface area contributed by atoms with Crippen LogP contribution in [0.2, 0.25) is 0 Å². The fraction of sp³-hybridized carbons (Fsp3) is 0.845. The van der Waals surface area contributed by atoms with Gasteiger partial charge in [0.25, 0.3) is 0 Å². The minimum absolute atomic E-state index is 0.0842. The van der Waals surface area contributed by atoms with Gasteiger partial charge in [0.2, 0.25) is 0 Å². The van der Waals surface area contributed by atoms with E-state index < -0.39 is 6.10 Å². The van der Waals surface area contributed by atoms with Crippen LogP contribution >= 0.6 is 0 Å². The van der Waals surface area contributed by atoms with Gasteiger partial charge in [0.05, 0.1) is 0 Å². The topological polar surface area (TPSA) is 78.9 Å². The highest BCUT2D eigenvalue weighted by Gasteiger charge is 2.19. The Kier molecular flexibility index (Phi) is 51.3. The third-order valence-electron chi connectivity index (χ3n) is 12.4. The molecule has 6 heteroatoms. The van der Waals surface area contributed by atoms with Crippen molar-refractivity contribution < 1.29 is 28.6 Å². The van der Waals surface area contributed by atoms with E-state index in [2.05, 4.69) is 57.2 Å². The lowest BCUT2D eigenvalue weighted by atomic mass is 10.0. The van der Waals surface area contributed by atoms with Gasteiger partial charge in [-0.15, -0.1) is 0 Å². The zero-order valence-corrected chi connectivity index (χ0v) is 42.8. The van der Waals surface area contributed by atoms with E-state index in [0.29, 0.717) is 19.3 Å². The van der Waals surface area contributed by atoms with Crippen LogP contribution in [0.3, 0.4) is 0 Å². The van der Waals surface area contributed by atoms with Crippen molar-refractivity contribution in [2.75, 3.05) is 13.2 Å². The Balaban J connectivity index is 4.39. The first-order chi connectivity index (χ1) is 31.5. The minimum atomic E-state index is -0.788. The summed E-state index contributed by atoms with van der Waals surface area (Å²) in [6.45, 7) is 6.62. The Hall–Kier alpha value is -2.37. The third-order valence-corrected chi connectivity index (χ3v) is 12.4. The second-order valence-corrected chi connectivity index (χ2v) is 18.9. The van der Waals surface area contributed by atoms with Gasteiger partial charge in [-0.05, 0) is 70.6 Å². The molecule has 0 fully saturated rings. The lowest BCUT2D eigenvalue weighted by molar-refractivity contribution is -0.167. The quantitative estimate of drug-likeness (QED) is 0.0199. The first-order valence-corrected chi connectivity index (χ1v) is 28.0. The highest BCUT2D eigenvalue weighted by atomic mass is 16.6. The smallest absolute Gasteiger partial charge is 0.306 e. The van der Waals surface area contributed by atoms with Crippen molar-refractivity contribution >= 4 is 17.9 Å². The molecule has 374 valence electrons. The molecule has 64 heavy (non-hydrogen) atoms. The Bertz CT molecular complexity index is 1080. The number of esters is 3. The summed E-state index contributed by atoms with van der Waals surface area (Å²) in [7, 11) is 0. The van der Waals surface area contributed by atoms with E-state index in [1.807, 2.05) is 0 Å². The van der Waals surface area contributed by atoms with E-state index in [4.69, 9.17) is 14.2 Å². The summed E-state index contributed by atoms with van der Waals surface area (Å²) in [5.41, 5.74) is 0. The van der Waals surface area contributed by atoms with Gasteiger partial charge in [-0.2, -0.15) is 0 Å². The predicted molar refractivity (Wildman–Crippen MR) is 275 cm³/mol. The fourth-order valence-corrected chi connectivity index (χ4v) is 8.14. The van der Waals surface area contributed by atoms with E-state index in [9.17, 15) is 14.4 Å². The second kappa shape index (κ2) is 53.2. The molecule has 0 radical (unpaired) electrons. The molecule has 0 spiro atoms. The summed E-state index contributed by atoms with van der Waals surface area (Å²) in [4.78, 5) is 38.0. The van der Waals surface area contributed by atoms with E-state index in [-0.39, 0.29) is 31.1 Å². The molecule has 0 aliphatic carbocycles. The van der Waals surface area contributed by atoms with Crippen molar-refractivity contribution in [1.29, 1.82) is 0 Å². The van der Waals surface area contributed by atoms with Crippen molar-refractivity contribution in [3.8, 4) is 0 Å². The molecule has 0 saturated carbocycles. The second-order valence-electron chi connectivity index (χ2n) is 18.9. The zero-order chi connectivity index (χ0) is 46.5. The molecule has 0 heterocycles. The Morgan fingerprint density at radius 2 is 0.562 bits per heavy atom. The molecule has 0 rings (SSSR count). The van der Waals surface area contributed by atoms with Crippen LogP contribution < -0.4 is 0 Å². The molecule has 0 aromatic carbocycles. The first kappa shape index (κ1) is 61.6. The molecular formula is C58H106O6. The van der Waals surface area contributed by atoms with Crippen molar-refractivity contribution in [2.45, 2.75) is 303 Å². The SMILES string of the molecule is CCCCCCCC/C=C\CCCCCC(=O)OCC(COC(=O)CCCCCCCCCCCCCCCCCCC)OC(=O)CCCCC/C=C\C=C/CCCCCCCCC. The third kappa shape index (κ3) is 50.6. The van der Waals surface area contributed by atoms with Gasteiger partial charge in [0.1, 0.15) is 13.2 Å². The minimum Gasteiger partial charge on any atom is -0.462 e. The van der Waals surface area contributed by atoms with E-state index >= 15 is 0 Å². The molecule has 0 aromatic rings. The number of rotatable bonds is 51. The molecule has 0 aromatic heterocycles. The highest BCUT2D eigenvalue weighted by Crippen LogP contribution is 2.16. The fourth-order valence-electron chi connectivity index (χ4n) is 8.14. The lowest BCUT2D eigenvalue weighted by Crippen LogP contribution is -2.30. The van der Waals surface area contributed by atoms with Crippen molar-refractivity contribution in [3.63, 3.8) is 0 Å². The molecule has 0 aliphatic heterocycles. The van der Waals surface area contributed by atoms with Gasteiger partial charge in [-0.25, -0.2) is 0 Å².